The minimum atomic E-state index is 0.919. The molecule has 11 rings (SSSR count). The average molecular weight is 793 g/mol. The predicted molar refractivity (Wildman–Crippen MR) is 264 cm³/mol. The van der Waals surface area contributed by atoms with E-state index in [1.54, 1.807) is 0 Å². The predicted octanol–water partition coefficient (Wildman–Crippen LogP) is 16.8. The largest absolute Gasteiger partial charge is 0.341 e. The maximum Gasteiger partial charge on any atom is 0.0540 e. The van der Waals surface area contributed by atoms with Gasteiger partial charge in [-0.25, -0.2) is 0 Å². The third-order valence-corrected chi connectivity index (χ3v) is 12.4. The van der Waals surface area contributed by atoms with Crippen molar-refractivity contribution < 1.29 is 0 Å². The smallest absolute Gasteiger partial charge is 0.0540 e. The molecule has 0 atom stereocenters. The van der Waals surface area contributed by atoms with E-state index in [2.05, 4.69) is 253 Å². The van der Waals surface area contributed by atoms with E-state index in [1.165, 1.54) is 82.6 Å². The molecule has 0 unspecified atom stereocenters. The summed E-state index contributed by atoms with van der Waals surface area (Å²) in [6, 6.07) is 86.2. The van der Waals surface area contributed by atoms with Crippen molar-refractivity contribution in [1.82, 2.24) is 4.57 Å². The van der Waals surface area contributed by atoms with E-state index < -0.39 is 0 Å². The maximum atomic E-state index is 2.43. The number of aryl methyl sites for hydroxylation is 1. The van der Waals surface area contributed by atoms with Crippen LogP contribution in [0.3, 0.4) is 0 Å². The van der Waals surface area contributed by atoms with Crippen molar-refractivity contribution in [3.05, 3.63) is 237 Å². The Morgan fingerprint density at radius 2 is 0.806 bits per heavy atom. The normalized spacial score (nSPS) is 11.4. The van der Waals surface area contributed by atoms with Gasteiger partial charge in [-0.15, -0.1) is 0 Å². The van der Waals surface area contributed by atoms with Crippen LogP contribution in [-0.4, -0.2) is 4.57 Å². The number of hydrogen-bond acceptors (Lipinski definition) is 1. The Hall–Kier alpha value is -7.94. The van der Waals surface area contributed by atoms with Crippen LogP contribution in [0.25, 0.3) is 88.2 Å². The SMILES string of the molecule is CCn1c2ccccc2c2c(-c3cccc(-c4ccccc4N(c4ccc(-c5ccccc5)cc4)c4ccc(-c5ccc(-c6cccc7ccccc67)cc5)cc4)c3)cccc21. The fraction of sp³-hybridized carbons (Fsp3) is 0.0333. The van der Waals surface area contributed by atoms with Crippen molar-refractivity contribution in [2.45, 2.75) is 13.5 Å². The minimum Gasteiger partial charge on any atom is -0.341 e. The van der Waals surface area contributed by atoms with Gasteiger partial charge < -0.3 is 9.47 Å². The molecule has 0 bridgehead atoms. The third kappa shape index (κ3) is 6.63. The summed E-state index contributed by atoms with van der Waals surface area (Å²) in [7, 11) is 0. The van der Waals surface area contributed by atoms with Crippen molar-refractivity contribution in [3.8, 4) is 55.6 Å². The number of fused-ring (bicyclic) bond motifs is 4. The van der Waals surface area contributed by atoms with Gasteiger partial charge in [0.1, 0.15) is 0 Å². The zero-order chi connectivity index (χ0) is 41.4. The standard InChI is InChI=1S/C60H44N2/c1-2-61-57-26-10-9-23-56(57)60-55(25-14-28-59(60)61)49-20-12-19-48(41-49)54-22-8-11-27-58(54)62(50-37-33-44(34-38-50)42-15-4-3-5-16-42)51-39-35-45(36-40-51)43-29-31-47(32-30-43)53-24-13-18-46-17-6-7-21-52(46)53/h3-41H,2H2,1H3. The van der Waals surface area contributed by atoms with Gasteiger partial charge in [0.05, 0.1) is 5.69 Å². The highest BCUT2D eigenvalue weighted by molar-refractivity contribution is 6.15. The Balaban J connectivity index is 0.995. The Labute approximate surface area is 363 Å². The summed E-state index contributed by atoms with van der Waals surface area (Å²) in [6.07, 6.45) is 0. The Morgan fingerprint density at radius 1 is 0.339 bits per heavy atom. The molecule has 1 aromatic heterocycles. The lowest BCUT2D eigenvalue weighted by molar-refractivity contribution is 0.827. The van der Waals surface area contributed by atoms with Gasteiger partial charge in [0.25, 0.3) is 0 Å². The van der Waals surface area contributed by atoms with E-state index in [4.69, 9.17) is 0 Å². The fourth-order valence-corrected chi connectivity index (χ4v) is 9.43. The number of para-hydroxylation sites is 2. The third-order valence-electron chi connectivity index (χ3n) is 12.4. The Bertz CT molecular complexity index is 3350. The van der Waals surface area contributed by atoms with Crippen molar-refractivity contribution >= 4 is 49.6 Å². The van der Waals surface area contributed by atoms with Crippen LogP contribution in [0.5, 0.6) is 0 Å². The summed E-state index contributed by atoms with van der Waals surface area (Å²) >= 11 is 0. The van der Waals surface area contributed by atoms with Gasteiger partial charge in [0, 0.05) is 45.3 Å². The first kappa shape index (κ1) is 37.1. The van der Waals surface area contributed by atoms with Crippen LogP contribution in [0.4, 0.5) is 17.1 Å². The molecule has 0 fully saturated rings. The van der Waals surface area contributed by atoms with Gasteiger partial charge in [0.2, 0.25) is 0 Å². The van der Waals surface area contributed by atoms with E-state index in [9.17, 15) is 0 Å². The van der Waals surface area contributed by atoms with Gasteiger partial charge >= 0.3 is 0 Å². The molecule has 0 saturated carbocycles. The van der Waals surface area contributed by atoms with Crippen molar-refractivity contribution in [2.24, 2.45) is 0 Å². The van der Waals surface area contributed by atoms with Crippen molar-refractivity contribution in [1.29, 1.82) is 0 Å². The summed E-state index contributed by atoms with van der Waals surface area (Å²) < 4.78 is 2.43. The fourth-order valence-electron chi connectivity index (χ4n) is 9.43. The van der Waals surface area contributed by atoms with Gasteiger partial charge in [-0.05, 0) is 116 Å². The molecule has 11 aromatic rings. The van der Waals surface area contributed by atoms with E-state index in [0.717, 1.165) is 29.2 Å². The summed E-state index contributed by atoms with van der Waals surface area (Å²) in [4.78, 5) is 2.40. The van der Waals surface area contributed by atoms with Gasteiger partial charge in [0.15, 0.2) is 0 Å². The molecule has 0 radical (unpaired) electrons. The monoisotopic (exact) mass is 792 g/mol. The summed E-state index contributed by atoms with van der Waals surface area (Å²) in [5, 5.41) is 5.12. The highest BCUT2D eigenvalue weighted by Gasteiger charge is 2.19. The van der Waals surface area contributed by atoms with Crippen LogP contribution in [0.15, 0.2) is 237 Å². The summed E-state index contributed by atoms with van der Waals surface area (Å²) in [5.74, 6) is 0. The zero-order valence-electron chi connectivity index (χ0n) is 34.6. The minimum absolute atomic E-state index is 0.919. The average Bonchev–Trinajstić information content (AvgIpc) is 3.69. The number of benzene rings is 10. The number of nitrogens with zero attached hydrogens (tertiary/aromatic N) is 2. The second-order valence-electron chi connectivity index (χ2n) is 16.0. The highest BCUT2D eigenvalue weighted by atomic mass is 15.1. The van der Waals surface area contributed by atoms with Gasteiger partial charge in [-0.2, -0.15) is 0 Å². The molecule has 1 heterocycles. The molecular formula is C60H44N2. The number of aromatic nitrogens is 1. The maximum absolute atomic E-state index is 2.43. The Morgan fingerprint density at radius 3 is 1.53 bits per heavy atom. The second-order valence-corrected chi connectivity index (χ2v) is 16.0. The molecule has 0 N–H and O–H groups in total. The molecule has 0 spiro atoms. The van der Waals surface area contributed by atoms with Crippen LogP contribution >= 0.6 is 0 Å². The van der Waals surface area contributed by atoms with E-state index in [0.29, 0.717) is 0 Å². The lowest BCUT2D eigenvalue weighted by Gasteiger charge is -2.28. The number of rotatable bonds is 9. The van der Waals surface area contributed by atoms with Crippen LogP contribution in [0.1, 0.15) is 6.92 Å². The van der Waals surface area contributed by atoms with Crippen molar-refractivity contribution in [2.75, 3.05) is 4.90 Å². The topological polar surface area (TPSA) is 8.17 Å². The lowest BCUT2D eigenvalue weighted by Crippen LogP contribution is -2.11. The molecule has 0 amide bonds. The second kappa shape index (κ2) is 15.9. The highest BCUT2D eigenvalue weighted by Crippen LogP contribution is 2.44. The number of anilines is 3. The number of hydrogen-bond donors (Lipinski definition) is 0. The van der Waals surface area contributed by atoms with E-state index in [1.807, 2.05) is 0 Å². The zero-order valence-corrected chi connectivity index (χ0v) is 34.6. The first-order valence-electron chi connectivity index (χ1n) is 21.6. The van der Waals surface area contributed by atoms with Crippen LogP contribution < -0.4 is 4.90 Å². The van der Waals surface area contributed by atoms with Crippen LogP contribution in [0, 0.1) is 0 Å². The molecule has 0 aliphatic carbocycles. The molecule has 2 nitrogen and oxygen atoms in total. The van der Waals surface area contributed by atoms with Crippen LogP contribution in [0.2, 0.25) is 0 Å². The molecule has 0 saturated heterocycles. The molecule has 0 aliphatic heterocycles. The first-order chi connectivity index (χ1) is 30.7. The molecular weight excluding hydrogens is 749 g/mol. The quantitative estimate of drug-likeness (QED) is 0.141. The van der Waals surface area contributed by atoms with Gasteiger partial charge in [-0.3, -0.25) is 0 Å². The molecule has 62 heavy (non-hydrogen) atoms. The molecule has 0 aliphatic rings. The Kier molecular flexibility index (Phi) is 9.52. The summed E-state index contributed by atoms with van der Waals surface area (Å²) in [5.41, 5.74) is 17.9. The molecule has 10 aromatic carbocycles. The lowest BCUT2D eigenvalue weighted by atomic mass is 9.94. The summed E-state index contributed by atoms with van der Waals surface area (Å²) in [6.45, 7) is 3.15. The molecule has 2 heteroatoms. The van der Waals surface area contributed by atoms with Gasteiger partial charge in [-0.1, -0.05) is 188 Å². The van der Waals surface area contributed by atoms with Crippen LogP contribution in [-0.2, 0) is 6.54 Å². The van der Waals surface area contributed by atoms with E-state index in [-0.39, 0.29) is 0 Å². The van der Waals surface area contributed by atoms with E-state index >= 15 is 0 Å². The van der Waals surface area contributed by atoms with Crippen molar-refractivity contribution in [3.63, 3.8) is 0 Å². The first-order valence-corrected chi connectivity index (χ1v) is 21.6. The molecule has 294 valence electrons.